The minimum absolute atomic E-state index is 0.00975. The van der Waals surface area contributed by atoms with Gasteiger partial charge in [-0.05, 0) is 55.0 Å². The summed E-state index contributed by atoms with van der Waals surface area (Å²) in [7, 11) is 0. The van der Waals surface area contributed by atoms with Gasteiger partial charge in [0.15, 0.2) is 0 Å². The summed E-state index contributed by atoms with van der Waals surface area (Å²) in [5.74, 6) is 0.0289. The summed E-state index contributed by atoms with van der Waals surface area (Å²) >= 11 is 5.23. The molecule has 0 aromatic carbocycles. The van der Waals surface area contributed by atoms with E-state index in [1.807, 2.05) is 0 Å². The molecule has 1 atom stereocenters. The Labute approximate surface area is 310 Å². The molecule has 2 amide bonds. The fourth-order valence-corrected chi connectivity index (χ4v) is 9.05. The van der Waals surface area contributed by atoms with Crippen molar-refractivity contribution in [1.29, 1.82) is 0 Å². The Balaban J connectivity index is 1.41. The fraction of sp³-hybridized carbons (Fsp3) is 0.659. The number of carbonyl (C=O) groups excluding carboxylic acids is 2. The second-order valence-electron chi connectivity index (χ2n) is 13.5. The first-order valence-electron chi connectivity index (χ1n) is 19.7. The van der Waals surface area contributed by atoms with Crippen molar-refractivity contribution in [3.8, 4) is 19.5 Å². The molecule has 0 aliphatic carbocycles. The normalized spacial score (nSPS) is 11.9. The molecule has 0 aliphatic heterocycles. The highest BCUT2D eigenvalue weighted by atomic mass is 32.1. The first kappa shape index (κ1) is 41.3. The molecule has 0 bridgehead atoms. The lowest BCUT2D eigenvalue weighted by atomic mass is 10.1. The van der Waals surface area contributed by atoms with Crippen LogP contribution in [0.4, 0.5) is 5.00 Å². The predicted octanol–water partition coefficient (Wildman–Crippen LogP) is 12.8. The largest absolute Gasteiger partial charge is 0.365 e. The highest BCUT2D eigenvalue weighted by molar-refractivity contribution is 7.27. The predicted molar refractivity (Wildman–Crippen MR) is 217 cm³/mol. The minimum atomic E-state index is -0.442. The third kappa shape index (κ3) is 18.1. The summed E-state index contributed by atoms with van der Waals surface area (Å²) in [5, 5.41) is 12.8. The molecule has 0 spiro atoms. The van der Waals surface area contributed by atoms with Crippen LogP contribution >= 0.6 is 34.0 Å². The summed E-state index contributed by atoms with van der Waals surface area (Å²) in [5.41, 5.74) is 0. The molecular formula is C41H65N3O2S3. The quantitative estimate of drug-likeness (QED) is 0.0599. The molecule has 0 saturated heterocycles. The maximum Gasteiger partial charge on any atom is 0.242 e. The van der Waals surface area contributed by atoms with Gasteiger partial charge in [-0.1, -0.05) is 135 Å². The van der Waals surface area contributed by atoms with E-state index < -0.39 is 6.04 Å². The molecule has 3 aromatic rings. The van der Waals surface area contributed by atoms with Gasteiger partial charge < -0.3 is 16.0 Å². The van der Waals surface area contributed by atoms with Crippen LogP contribution in [0, 0.1) is 0 Å². The number of nitrogens with one attached hydrogen (secondary N) is 3. The third-order valence-corrected chi connectivity index (χ3v) is 12.6. The molecule has 3 heterocycles. The molecule has 0 saturated carbocycles. The van der Waals surface area contributed by atoms with Gasteiger partial charge in [0.1, 0.15) is 6.04 Å². The standard InChI is InChI=1S/C41H65N3O2S3/c1-3-5-7-9-11-13-15-17-19-21-31-42-39(45)29-25-34(41(46)43-32-22-20-18-16-14-12-10-8-6-4-2)44-40-30-28-38(49-40)37-27-26-36(48-37)35-24-23-33-47-35/h23-24,26-28,30,33-34,44H,3-22,25,29,31-32H2,1-2H3,(H,42,45)(H,43,46)/t34-/m0/s1. The number of hydrogen-bond donors (Lipinski definition) is 3. The third-order valence-electron chi connectivity index (χ3n) is 9.19. The van der Waals surface area contributed by atoms with Gasteiger partial charge in [-0.15, -0.1) is 34.0 Å². The molecule has 49 heavy (non-hydrogen) atoms. The second-order valence-corrected chi connectivity index (χ2v) is 16.7. The van der Waals surface area contributed by atoms with Crippen molar-refractivity contribution < 1.29 is 9.59 Å². The van der Waals surface area contributed by atoms with Crippen molar-refractivity contribution in [3.05, 3.63) is 41.8 Å². The molecule has 5 nitrogen and oxygen atoms in total. The van der Waals surface area contributed by atoms with Gasteiger partial charge in [0.05, 0.1) is 5.00 Å². The van der Waals surface area contributed by atoms with Crippen LogP contribution < -0.4 is 16.0 Å². The summed E-state index contributed by atoms with van der Waals surface area (Å²) in [6.07, 6.45) is 26.4. The highest BCUT2D eigenvalue weighted by Gasteiger charge is 2.20. The van der Waals surface area contributed by atoms with Crippen molar-refractivity contribution in [3.63, 3.8) is 0 Å². The number of amides is 2. The van der Waals surface area contributed by atoms with E-state index in [4.69, 9.17) is 0 Å². The average molecular weight is 728 g/mol. The van der Waals surface area contributed by atoms with Crippen LogP contribution in [0.1, 0.15) is 155 Å². The smallest absolute Gasteiger partial charge is 0.242 e. The van der Waals surface area contributed by atoms with E-state index in [1.165, 1.54) is 129 Å². The highest BCUT2D eigenvalue weighted by Crippen LogP contribution is 2.40. The van der Waals surface area contributed by atoms with E-state index in [0.717, 1.165) is 30.8 Å². The Bertz CT molecular complexity index is 1250. The van der Waals surface area contributed by atoms with E-state index >= 15 is 0 Å². The molecule has 0 unspecified atom stereocenters. The maximum atomic E-state index is 13.4. The van der Waals surface area contributed by atoms with Gasteiger partial charge in [-0.25, -0.2) is 0 Å². The Kier molecular flexibility index (Phi) is 22.4. The van der Waals surface area contributed by atoms with Crippen molar-refractivity contribution in [2.45, 2.75) is 161 Å². The van der Waals surface area contributed by atoms with Crippen LogP contribution in [0.5, 0.6) is 0 Å². The molecule has 3 rings (SSSR count). The molecular weight excluding hydrogens is 663 g/mol. The number of rotatable bonds is 30. The van der Waals surface area contributed by atoms with E-state index in [-0.39, 0.29) is 11.8 Å². The molecule has 3 aromatic heterocycles. The molecule has 274 valence electrons. The van der Waals surface area contributed by atoms with Crippen molar-refractivity contribution in [1.82, 2.24) is 10.6 Å². The lowest BCUT2D eigenvalue weighted by molar-refractivity contribution is -0.123. The number of unbranched alkanes of at least 4 members (excludes halogenated alkanes) is 18. The zero-order chi connectivity index (χ0) is 34.8. The van der Waals surface area contributed by atoms with Crippen molar-refractivity contribution in [2.75, 3.05) is 18.4 Å². The number of hydrogen-bond acceptors (Lipinski definition) is 6. The van der Waals surface area contributed by atoms with Crippen LogP contribution in [-0.4, -0.2) is 30.9 Å². The Morgan fingerprint density at radius 2 is 1.06 bits per heavy atom. The molecule has 0 radical (unpaired) electrons. The molecule has 0 fully saturated rings. The van der Waals surface area contributed by atoms with Crippen LogP contribution in [0.2, 0.25) is 0 Å². The van der Waals surface area contributed by atoms with E-state index in [2.05, 4.69) is 71.6 Å². The monoisotopic (exact) mass is 727 g/mol. The lowest BCUT2D eigenvalue weighted by Gasteiger charge is -2.18. The molecule has 0 aliphatic rings. The van der Waals surface area contributed by atoms with Gasteiger partial charge in [-0.2, -0.15) is 0 Å². The second kappa shape index (κ2) is 26.6. The average Bonchev–Trinajstić information content (AvgIpc) is 3.90. The zero-order valence-corrected chi connectivity index (χ0v) is 33.1. The first-order chi connectivity index (χ1) is 24.1. The van der Waals surface area contributed by atoms with Gasteiger partial charge in [0.25, 0.3) is 0 Å². The van der Waals surface area contributed by atoms with Gasteiger partial charge >= 0.3 is 0 Å². The van der Waals surface area contributed by atoms with Crippen molar-refractivity contribution >= 4 is 50.8 Å². The summed E-state index contributed by atoms with van der Waals surface area (Å²) in [6, 6.07) is 12.4. The topological polar surface area (TPSA) is 70.2 Å². The Morgan fingerprint density at radius 3 is 1.61 bits per heavy atom. The summed E-state index contributed by atoms with van der Waals surface area (Å²) in [4.78, 5) is 31.1. The van der Waals surface area contributed by atoms with Crippen molar-refractivity contribution in [2.24, 2.45) is 0 Å². The number of thiophene rings is 3. The summed E-state index contributed by atoms with van der Waals surface area (Å²) < 4.78 is 0. The maximum absolute atomic E-state index is 13.4. The number of carbonyl (C=O) groups is 2. The van der Waals surface area contributed by atoms with Crippen LogP contribution in [0.25, 0.3) is 19.5 Å². The van der Waals surface area contributed by atoms with Crippen LogP contribution in [0.3, 0.4) is 0 Å². The molecule has 8 heteroatoms. The minimum Gasteiger partial charge on any atom is -0.365 e. The van der Waals surface area contributed by atoms with Gasteiger partial charge in [0, 0.05) is 39.0 Å². The van der Waals surface area contributed by atoms with E-state index in [0.29, 0.717) is 19.4 Å². The fourth-order valence-electron chi connectivity index (χ4n) is 6.16. The molecule has 3 N–H and O–H groups in total. The Hall–Kier alpha value is -2.16. The van der Waals surface area contributed by atoms with Crippen LogP contribution in [-0.2, 0) is 9.59 Å². The van der Waals surface area contributed by atoms with Gasteiger partial charge in [-0.3, -0.25) is 9.59 Å². The lowest BCUT2D eigenvalue weighted by Crippen LogP contribution is -2.40. The Morgan fingerprint density at radius 1 is 0.571 bits per heavy atom. The van der Waals surface area contributed by atoms with E-state index in [1.54, 1.807) is 34.0 Å². The summed E-state index contributed by atoms with van der Waals surface area (Å²) in [6.45, 7) is 5.94. The number of anilines is 1. The van der Waals surface area contributed by atoms with E-state index in [9.17, 15) is 9.59 Å². The van der Waals surface area contributed by atoms with Crippen LogP contribution in [0.15, 0.2) is 41.8 Å². The SMILES string of the molecule is CCCCCCCCCCCCNC(=O)CC[C@H](Nc1ccc(-c2ccc(-c3cccs3)s2)s1)C(=O)NCCCCCCCCCCCC. The van der Waals surface area contributed by atoms with Gasteiger partial charge in [0.2, 0.25) is 11.8 Å². The first-order valence-corrected chi connectivity index (χ1v) is 22.2. The zero-order valence-electron chi connectivity index (χ0n) is 30.6.